The van der Waals surface area contributed by atoms with Crippen LogP contribution in [0.1, 0.15) is 25.7 Å². The summed E-state index contributed by atoms with van der Waals surface area (Å²) in [7, 11) is -0.862. The van der Waals surface area contributed by atoms with Crippen LogP contribution in [-0.4, -0.2) is 55.2 Å². The second kappa shape index (κ2) is 4.03. The molecule has 0 aromatic carbocycles. The third-order valence-corrected chi connectivity index (χ3v) is 5.50. The lowest BCUT2D eigenvalue weighted by molar-refractivity contribution is 0.0673. The van der Waals surface area contributed by atoms with Crippen LogP contribution in [-0.2, 0) is 9.84 Å². The topological polar surface area (TPSA) is 57.6 Å². The van der Waals surface area contributed by atoms with E-state index < -0.39 is 9.84 Å². The smallest absolute Gasteiger partial charge is 0.151 e. The normalized spacial score (nSPS) is 40.1. The molecule has 2 aliphatic rings. The van der Waals surface area contributed by atoms with E-state index in [1.54, 1.807) is 0 Å². The maximum atomic E-state index is 11.4. The van der Waals surface area contributed by atoms with Crippen molar-refractivity contribution in [1.82, 2.24) is 4.90 Å². The van der Waals surface area contributed by atoms with Gasteiger partial charge in [0, 0.05) is 12.1 Å². The Labute approximate surface area is 91.2 Å². The van der Waals surface area contributed by atoms with Gasteiger partial charge >= 0.3 is 0 Å². The predicted octanol–water partition coefficient (Wildman–Crippen LogP) is 0.0187. The summed E-state index contributed by atoms with van der Waals surface area (Å²) in [6.45, 7) is 0. The minimum Gasteiger partial charge on any atom is -0.391 e. The monoisotopic (exact) mass is 233 g/mol. The zero-order chi connectivity index (χ0) is 11.1. The number of hydrogen-bond donors (Lipinski definition) is 1. The van der Waals surface area contributed by atoms with Crippen molar-refractivity contribution in [1.29, 1.82) is 0 Å². The van der Waals surface area contributed by atoms with Crippen LogP contribution in [0.4, 0.5) is 0 Å². The van der Waals surface area contributed by atoms with Crippen LogP contribution < -0.4 is 0 Å². The molecule has 1 saturated carbocycles. The van der Waals surface area contributed by atoms with Crippen LogP contribution in [0, 0.1) is 0 Å². The first-order chi connectivity index (χ1) is 6.99. The molecule has 1 saturated heterocycles. The maximum Gasteiger partial charge on any atom is 0.151 e. The molecule has 0 aromatic rings. The Morgan fingerprint density at radius 3 is 2.47 bits per heavy atom. The third-order valence-electron chi connectivity index (χ3n) is 3.75. The van der Waals surface area contributed by atoms with E-state index in [1.807, 2.05) is 7.05 Å². The molecule has 0 aromatic heterocycles. The van der Waals surface area contributed by atoms with Gasteiger partial charge in [0.2, 0.25) is 0 Å². The Bertz CT molecular complexity index is 328. The quantitative estimate of drug-likeness (QED) is 0.730. The van der Waals surface area contributed by atoms with Gasteiger partial charge in [-0.05, 0) is 32.7 Å². The molecular weight excluding hydrogens is 214 g/mol. The predicted molar refractivity (Wildman–Crippen MR) is 58.5 cm³/mol. The molecule has 1 unspecified atom stereocenters. The van der Waals surface area contributed by atoms with Crippen molar-refractivity contribution in [2.75, 3.05) is 18.6 Å². The minimum absolute atomic E-state index is 0.118. The zero-order valence-electron chi connectivity index (χ0n) is 9.09. The molecule has 1 N–H and O–H groups in total. The highest BCUT2D eigenvalue weighted by Crippen LogP contribution is 2.27. The van der Waals surface area contributed by atoms with Gasteiger partial charge in [0.1, 0.15) is 0 Å². The van der Waals surface area contributed by atoms with Gasteiger partial charge in [-0.1, -0.05) is 0 Å². The number of nitrogens with zero attached hydrogens (tertiary/aromatic N) is 1. The molecule has 0 amide bonds. The van der Waals surface area contributed by atoms with Crippen LogP contribution >= 0.6 is 0 Å². The molecule has 4 nitrogen and oxygen atoms in total. The van der Waals surface area contributed by atoms with Gasteiger partial charge in [-0.25, -0.2) is 8.42 Å². The van der Waals surface area contributed by atoms with Crippen molar-refractivity contribution < 1.29 is 13.5 Å². The molecule has 2 fully saturated rings. The highest BCUT2D eigenvalue weighted by molar-refractivity contribution is 7.91. The van der Waals surface area contributed by atoms with Crippen molar-refractivity contribution in [3.63, 3.8) is 0 Å². The molecule has 1 heterocycles. The van der Waals surface area contributed by atoms with Crippen molar-refractivity contribution in [3.8, 4) is 0 Å². The number of rotatable bonds is 2. The standard InChI is InChI=1S/C10H19NO3S/c1-11(9-3-2-4-10(9)12)8-5-6-15(13,14)7-8/h8-10,12H,2-7H2,1H3/t8?,9-,10-/m1/s1. The SMILES string of the molecule is CN(C1CCS(=O)(=O)C1)[C@@H]1CCC[C@H]1O. The number of likely N-dealkylation sites (N-methyl/N-ethyl adjacent to an activating group) is 1. The lowest BCUT2D eigenvalue weighted by atomic mass is 10.1. The van der Waals surface area contributed by atoms with Crippen molar-refractivity contribution in [2.24, 2.45) is 0 Å². The Hall–Kier alpha value is -0.130. The summed E-state index contributed by atoms with van der Waals surface area (Å²) in [5.41, 5.74) is 0. The van der Waals surface area contributed by atoms with E-state index >= 15 is 0 Å². The van der Waals surface area contributed by atoms with Crippen LogP contribution in [0.15, 0.2) is 0 Å². The molecule has 0 bridgehead atoms. The van der Waals surface area contributed by atoms with Gasteiger partial charge in [0.15, 0.2) is 9.84 Å². The Balaban J connectivity index is 2.00. The number of aliphatic hydroxyl groups is 1. The molecule has 88 valence electrons. The summed E-state index contributed by atoms with van der Waals surface area (Å²) in [5.74, 6) is 0.581. The van der Waals surface area contributed by atoms with Gasteiger partial charge in [0.25, 0.3) is 0 Å². The second-order valence-electron chi connectivity index (χ2n) is 4.79. The molecule has 0 spiro atoms. The van der Waals surface area contributed by atoms with Crippen LogP contribution in [0.2, 0.25) is 0 Å². The summed E-state index contributed by atoms with van der Waals surface area (Å²) in [4.78, 5) is 2.09. The first-order valence-corrected chi connectivity index (χ1v) is 7.42. The third kappa shape index (κ3) is 2.34. The van der Waals surface area contributed by atoms with Crippen molar-refractivity contribution in [2.45, 2.75) is 43.9 Å². The van der Waals surface area contributed by atoms with E-state index in [-0.39, 0.29) is 23.9 Å². The highest BCUT2D eigenvalue weighted by atomic mass is 32.2. The first kappa shape index (κ1) is 11.4. The molecule has 5 heteroatoms. The van der Waals surface area contributed by atoms with Crippen molar-refractivity contribution in [3.05, 3.63) is 0 Å². The van der Waals surface area contributed by atoms with Crippen molar-refractivity contribution >= 4 is 9.84 Å². The van der Waals surface area contributed by atoms with E-state index in [2.05, 4.69) is 4.90 Å². The summed E-state index contributed by atoms with van der Waals surface area (Å²) >= 11 is 0. The highest BCUT2D eigenvalue weighted by Gasteiger charge is 2.37. The minimum atomic E-state index is -2.81. The van der Waals surface area contributed by atoms with E-state index in [1.165, 1.54) is 0 Å². The molecule has 15 heavy (non-hydrogen) atoms. The fourth-order valence-corrected chi connectivity index (χ4v) is 4.55. The van der Waals surface area contributed by atoms with E-state index in [4.69, 9.17) is 0 Å². The molecular formula is C10H19NO3S. The fraction of sp³-hybridized carbons (Fsp3) is 1.00. The first-order valence-electron chi connectivity index (χ1n) is 5.60. The summed E-state index contributed by atoms with van der Waals surface area (Å²) < 4.78 is 22.7. The maximum absolute atomic E-state index is 11.4. The largest absolute Gasteiger partial charge is 0.391 e. The lowest BCUT2D eigenvalue weighted by Gasteiger charge is -2.31. The average molecular weight is 233 g/mol. The summed E-state index contributed by atoms with van der Waals surface area (Å²) in [5, 5.41) is 9.76. The molecule has 2 rings (SSSR count). The van der Waals surface area contributed by atoms with Crippen LogP contribution in [0.3, 0.4) is 0 Å². The van der Waals surface area contributed by atoms with E-state index in [0.717, 1.165) is 25.7 Å². The van der Waals surface area contributed by atoms with E-state index in [9.17, 15) is 13.5 Å². The van der Waals surface area contributed by atoms with Gasteiger partial charge in [-0.3, -0.25) is 4.90 Å². The average Bonchev–Trinajstić information content (AvgIpc) is 2.71. The fourth-order valence-electron chi connectivity index (χ4n) is 2.76. The summed E-state index contributed by atoms with van der Waals surface area (Å²) in [6.07, 6.45) is 3.36. The van der Waals surface area contributed by atoms with Crippen LogP contribution in [0.25, 0.3) is 0 Å². The second-order valence-corrected chi connectivity index (χ2v) is 7.02. The zero-order valence-corrected chi connectivity index (χ0v) is 9.91. The Kier molecular flexibility index (Phi) is 3.05. The van der Waals surface area contributed by atoms with Gasteiger partial charge in [-0.15, -0.1) is 0 Å². The lowest BCUT2D eigenvalue weighted by Crippen LogP contribution is -2.44. The molecule has 0 radical (unpaired) electrons. The number of sulfone groups is 1. The van der Waals surface area contributed by atoms with Gasteiger partial charge in [-0.2, -0.15) is 0 Å². The van der Waals surface area contributed by atoms with Crippen LogP contribution in [0.5, 0.6) is 0 Å². The number of aliphatic hydroxyl groups excluding tert-OH is 1. The Morgan fingerprint density at radius 2 is 2.00 bits per heavy atom. The van der Waals surface area contributed by atoms with E-state index in [0.29, 0.717) is 5.75 Å². The van der Waals surface area contributed by atoms with Gasteiger partial charge < -0.3 is 5.11 Å². The number of hydrogen-bond acceptors (Lipinski definition) is 4. The van der Waals surface area contributed by atoms with Gasteiger partial charge in [0.05, 0.1) is 17.6 Å². The molecule has 3 atom stereocenters. The molecule has 1 aliphatic carbocycles. The Morgan fingerprint density at radius 1 is 1.27 bits per heavy atom. The summed E-state index contributed by atoms with van der Waals surface area (Å²) in [6, 6.07) is 0.288. The molecule has 1 aliphatic heterocycles.